The van der Waals surface area contributed by atoms with E-state index in [0.29, 0.717) is 22.2 Å². The molecule has 0 amide bonds. The zero-order valence-corrected chi connectivity index (χ0v) is 19.2. The average Bonchev–Trinajstić information content (AvgIpc) is 2.76. The second-order valence-electron chi connectivity index (χ2n) is 5.91. The molecule has 0 aliphatic carbocycles. The van der Waals surface area contributed by atoms with Gasteiger partial charge in [0.2, 0.25) is 0 Å². The van der Waals surface area contributed by atoms with Crippen LogP contribution in [-0.4, -0.2) is 10.7 Å². The molecule has 3 rings (SSSR count). The number of anilines is 1. The summed E-state index contributed by atoms with van der Waals surface area (Å²) < 4.78 is 11.9. The number of rotatable bonds is 8. The van der Waals surface area contributed by atoms with Crippen LogP contribution in [0.15, 0.2) is 90.0 Å². The van der Waals surface area contributed by atoms with Crippen LogP contribution < -0.4 is 19.6 Å². The van der Waals surface area contributed by atoms with Gasteiger partial charge in [-0.05, 0) is 36.4 Å². The molecular weight excluding hydrogens is 471 g/mol. The lowest BCUT2D eigenvalue weighted by Gasteiger charge is -2.24. The van der Waals surface area contributed by atoms with Crippen molar-refractivity contribution in [3.63, 3.8) is 0 Å². The number of nitrogens with one attached hydrogen (secondary N) is 2. The van der Waals surface area contributed by atoms with E-state index in [-0.39, 0.29) is 10.7 Å². The van der Waals surface area contributed by atoms with Crippen LogP contribution in [0.3, 0.4) is 0 Å². The summed E-state index contributed by atoms with van der Waals surface area (Å²) in [5.41, 5.74) is 3.16. The number of nitriles is 1. The number of para-hydroxylation sites is 3. The number of hydrogen-bond acceptors (Lipinski definition) is 7. The third-order valence-electron chi connectivity index (χ3n) is 3.66. The van der Waals surface area contributed by atoms with E-state index in [9.17, 15) is 5.26 Å². The molecule has 0 unspecified atom stereocenters. The molecule has 0 saturated carbocycles. The van der Waals surface area contributed by atoms with Crippen molar-refractivity contribution in [2.75, 3.05) is 5.43 Å². The molecule has 0 spiro atoms. The molecule has 156 valence electrons. The van der Waals surface area contributed by atoms with Crippen LogP contribution in [0, 0.1) is 11.3 Å². The van der Waals surface area contributed by atoms with Crippen LogP contribution in [-0.2, 0) is 11.8 Å². The second-order valence-corrected chi connectivity index (χ2v) is 9.75. The van der Waals surface area contributed by atoms with Crippen molar-refractivity contribution < 1.29 is 9.05 Å². The fourth-order valence-corrected chi connectivity index (χ4v) is 5.15. The summed E-state index contributed by atoms with van der Waals surface area (Å²) in [6.07, 6.45) is 0. The number of nitrogens with zero attached hydrogens (tertiary/aromatic N) is 2. The lowest BCUT2D eigenvalue weighted by molar-refractivity contribution is 0.481. The van der Waals surface area contributed by atoms with Gasteiger partial charge in [0, 0.05) is 11.8 Å². The first-order valence-electron chi connectivity index (χ1n) is 8.89. The van der Waals surface area contributed by atoms with Gasteiger partial charge in [0.15, 0.2) is 5.71 Å². The normalized spacial score (nSPS) is 11.2. The van der Waals surface area contributed by atoms with E-state index in [0.717, 1.165) is 0 Å². The molecule has 31 heavy (non-hydrogen) atoms. The number of hydrogen-bond donors (Lipinski definition) is 2. The molecule has 0 atom stereocenters. The Balaban J connectivity index is 1.82. The van der Waals surface area contributed by atoms with Gasteiger partial charge >= 0.3 is 6.64 Å². The van der Waals surface area contributed by atoms with E-state index in [2.05, 4.69) is 15.6 Å². The fourth-order valence-electron chi connectivity index (χ4n) is 2.28. The van der Waals surface area contributed by atoms with Crippen molar-refractivity contribution in [2.45, 2.75) is 0 Å². The van der Waals surface area contributed by atoms with Crippen molar-refractivity contribution in [3.8, 4) is 17.6 Å². The summed E-state index contributed by atoms with van der Waals surface area (Å²) in [5.74, 6) is 1.00. The highest BCUT2D eigenvalue weighted by Crippen LogP contribution is 2.45. The fraction of sp³-hybridized carbons (Fsp3) is 0. The summed E-state index contributed by atoms with van der Waals surface area (Å²) >= 11 is 17.1. The van der Waals surface area contributed by atoms with E-state index in [4.69, 9.17) is 44.7 Å². The minimum absolute atomic E-state index is 0.0164. The van der Waals surface area contributed by atoms with E-state index < -0.39 is 6.64 Å². The number of thiocarbonyl (C=S) groups is 1. The number of hydrazone groups is 1. The molecule has 0 fully saturated rings. The van der Waals surface area contributed by atoms with E-state index >= 15 is 0 Å². The van der Waals surface area contributed by atoms with Crippen LogP contribution in [0.1, 0.15) is 0 Å². The van der Waals surface area contributed by atoms with E-state index in [1.165, 1.54) is 0 Å². The predicted molar refractivity (Wildman–Crippen MR) is 132 cm³/mol. The van der Waals surface area contributed by atoms with Gasteiger partial charge in [-0.2, -0.15) is 10.4 Å². The summed E-state index contributed by atoms with van der Waals surface area (Å²) in [6, 6.07) is 26.9. The van der Waals surface area contributed by atoms with Crippen LogP contribution in [0.25, 0.3) is 0 Å². The lowest BCUT2D eigenvalue weighted by atomic mass is 10.3. The molecular formula is C21H16ClN4O2PS2. The van der Waals surface area contributed by atoms with Crippen molar-refractivity contribution in [3.05, 3.63) is 90.0 Å². The molecule has 3 aromatic carbocycles. The maximum absolute atomic E-state index is 9.54. The minimum atomic E-state index is -3.24. The summed E-state index contributed by atoms with van der Waals surface area (Å²) in [7, 11) is 0. The SMILES string of the molecule is N#C/C(=N/Nc1ccccc1Cl)C(=S)NP(=S)(Oc1ccccc1)Oc1ccccc1. The van der Waals surface area contributed by atoms with Gasteiger partial charge in [-0.25, -0.2) is 0 Å². The Morgan fingerprint density at radius 2 is 1.42 bits per heavy atom. The highest BCUT2D eigenvalue weighted by atomic mass is 35.5. The molecule has 10 heteroatoms. The van der Waals surface area contributed by atoms with E-state index in [1.807, 2.05) is 42.5 Å². The zero-order chi connectivity index (χ0) is 22.1. The molecule has 6 nitrogen and oxygen atoms in total. The first-order valence-corrected chi connectivity index (χ1v) is 12.3. The van der Waals surface area contributed by atoms with Crippen LogP contribution in [0.2, 0.25) is 5.02 Å². The Morgan fingerprint density at radius 3 is 1.94 bits per heavy atom. The molecule has 2 N–H and O–H groups in total. The smallest absolute Gasteiger partial charge is 0.393 e. The quantitative estimate of drug-likeness (QED) is 0.177. The molecule has 3 aromatic rings. The van der Waals surface area contributed by atoms with Crippen LogP contribution >= 0.6 is 30.5 Å². The summed E-state index contributed by atoms with van der Waals surface area (Å²) in [4.78, 5) is -0.0164. The maximum Gasteiger partial charge on any atom is 0.393 e. The third kappa shape index (κ3) is 6.78. The van der Waals surface area contributed by atoms with Gasteiger partial charge in [0.1, 0.15) is 22.6 Å². The Morgan fingerprint density at radius 1 is 0.903 bits per heavy atom. The van der Waals surface area contributed by atoms with Crippen molar-refractivity contribution in [1.29, 1.82) is 5.26 Å². The summed E-state index contributed by atoms with van der Waals surface area (Å²) in [6.45, 7) is -3.24. The predicted octanol–water partition coefficient (Wildman–Crippen LogP) is 5.93. The largest absolute Gasteiger partial charge is 0.421 e. The molecule has 0 radical (unpaired) electrons. The Labute approximate surface area is 195 Å². The highest BCUT2D eigenvalue weighted by molar-refractivity contribution is 8.10. The first kappa shape index (κ1) is 22.7. The molecule has 0 saturated heterocycles. The second kappa shape index (κ2) is 10.9. The molecule has 0 aliphatic rings. The Hall–Kier alpha value is -2.95. The van der Waals surface area contributed by atoms with Crippen molar-refractivity contribution >= 4 is 58.7 Å². The van der Waals surface area contributed by atoms with Crippen LogP contribution in [0.4, 0.5) is 5.69 Å². The Bertz CT molecular complexity index is 1130. The zero-order valence-electron chi connectivity index (χ0n) is 15.9. The first-order chi connectivity index (χ1) is 15.0. The van der Waals surface area contributed by atoms with E-state index in [1.54, 1.807) is 48.5 Å². The number of benzene rings is 3. The third-order valence-corrected chi connectivity index (χ3v) is 6.56. The van der Waals surface area contributed by atoms with Gasteiger partial charge in [0.25, 0.3) is 0 Å². The lowest BCUT2D eigenvalue weighted by Crippen LogP contribution is -2.30. The molecule has 0 heterocycles. The van der Waals surface area contributed by atoms with Gasteiger partial charge < -0.3 is 9.05 Å². The average molecular weight is 487 g/mol. The van der Waals surface area contributed by atoms with Crippen molar-refractivity contribution in [1.82, 2.24) is 5.09 Å². The van der Waals surface area contributed by atoms with Crippen LogP contribution in [0.5, 0.6) is 11.5 Å². The molecule has 0 aliphatic heterocycles. The van der Waals surface area contributed by atoms with Gasteiger partial charge in [0.05, 0.1) is 10.7 Å². The van der Waals surface area contributed by atoms with Gasteiger partial charge in [-0.15, -0.1) is 0 Å². The standard InChI is InChI=1S/C21H16ClN4O2PS2/c22-18-13-7-8-14-19(18)24-25-20(15-23)21(30)26-29(31,27-16-9-3-1-4-10-16)28-17-11-5-2-6-12-17/h1-14,24H,(H,26,30,31)/b25-20-. The van der Waals surface area contributed by atoms with Gasteiger partial charge in [-0.3, -0.25) is 10.5 Å². The number of halogens is 1. The summed E-state index contributed by atoms with van der Waals surface area (Å²) in [5, 5.41) is 16.9. The van der Waals surface area contributed by atoms with Crippen molar-refractivity contribution in [2.24, 2.45) is 5.10 Å². The molecule has 0 bridgehead atoms. The topological polar surface area (TPSA) is 78.7 Å². The Kier molecular flexibility index (Phi) is 7.99. The van der Waals surface area contributed by atoms with Gasteiger partial charge in [-0.1, -0.05) is 72.3 Å². The molecule has 0 aromatic heterocycles. The monoisotopic (exact) mass is 486 g/mol. The highest BCUT2D eigenvalue weighted by Gasteiger charge is 2.26. The minimum Gasteiger partial charge on any atom is -0.421 e. The maximum atomic E-state index is 9.54.